The Morgan fingerprint density at radius 1 is 1.19 bits per heavy atom. The summed E-state index contributed by atoms with van der Waals surface area (Å²) in [5.41, 5.74) is 8.30. The van der Waals surface area contributed by atoms with E-state index in [1.165, 1.54) is 29.3 Å². The maximum Gasteiger partial charge on any atom is 0.150 e. The Morgan fingerprint density at radius 3 is 2.50 bits per heavy atom. The van der Waals surface area contributed by atoms with Gasteiger partial charge in [0.2, 0.25) is 0 Å². The average Bonchev–Trinajstić information content (AvgIpc) is 3.18. The van der Waals surface area contributed by atoms with Crippen LogP contribution in [0.2, 0.25) is 0 Å². The van der Waals surface area contributed by atoms with E-state index in [0.29, 0.717) is 35.1 Å². The van der Waals surface area contributed by atoms with E-state index < -0.39 is 0 Å². The molecule has 1 aromatic heterocycles. The lowest BCUT2D eigenvalue weighted by Gasteiger charge is -2.22. The van der Waals surface area contributed by atoms with Gasteiger partial charge in [0.25, 0.3) is 0 Å². The first-order valence-corrected chi connectivity index (χ1v) is 12.4. The number of rotatable bonds is 8. The van der Waals surface area contributed by atoms with Gasteiger partial charge in [-0.05, 0) is 80.9 Å². The van der Waals surface area contributed by atoms with E-state index in [1.807, 2.05) is 13.8 Å². The second-order valence-corrected chi connectivity index (χ2v) is 9.89. The van der Waals surface area contributed by atoms with Crippen LogP contribution in [0, 0.1) is 37.4 Å². The fourth-order valence-electron chi connectivity index (χ4n) is 6.10. The molecule has 174 valence electrons. The summed E-state index contributed by atoms with van der Waals surface area (Å²) in [7, 11) is 0. The molecular weight excluding hydrogens is 395 g/mol. The van der Waals surface area contributed by atoms with Crippen molar-refractivity contribution in [3.63, 3.8) is 0 Å². The number of aryl methyl sites for hydroxylation is 2. The van der Waals surface area contributed by atoms with Gasteiger partial charge in [-0.1, -0.05) is 58.4 Å². The van der Waals surface area contributed by atoms with Crippen molar-refractivity contribution in [2.75, 3.05) is 0 Å². The summed E-state index contributed by atoms with van der Waals surface area (Å²) in [5, 5.41) is 0. The van der Waals surface area contributed by atoms with Crippen molar-refractivity contribution in [2.45, 2.75) is 86.6 Å². The van der Waals surface area contributed by atoms with E-state index in [1.54, 1.807) is 11.8 Å². The molecule has 0 radical (unpaired) electrons. The van der Waals surface area contributed by atoms with Gasteiger partial charge in [0.05, 0.1) is 5.56 Å². The molecule has 2 aromatic rings. The zero-order chi connectivity index (χ0) is 23.6. The topological polar surface area (TPSA) is 17.3 Å². The van der Waals surface area contributed by atoms with Crippen molar-refractivity contribution in [3.05, 3.63) is 70.4 Å². The second-order valence-electron chi connectivity index (χ2n) is 9.89. The molecule has 0 N–H and O–H groups in total. The number of nitrogens with zero attached hydrogens (tertiary/aromatic N) is 2. The molecule has 0 saturated heterocycles. The molecule has 1 aromatic carbocycles. The molecule has 1 heterocycles. The largest absolute Gasteiger partial charge is 0.345 e. The standard InChI is InChI=1S/C29H41FN2/c1-9-12-23-13-18(4)14-25(26(23)10-2)15-24-16-28(20(6)19(24)5)32-17-27(30)29(22(32)8)21(7)31-11-3/h11,13-14,17,19-20,24,28H,3,9-10,12,15-16H2,1-2,4-8H3. The van der Waals surface area contributed by atoms with Crippen molar-refractivity contribution in [2.24, 2.45) is 22.7 Å². The van der Waals surface area contributed by atoms with Crippen LogP contribution in [0.4, 0.5) is 4.39 Å². The third-order valence-corrected chi connectivity index (χ3v) is 7.90. The van der Waals surface area contributed by atoms with Gasteiger partial charge in [0, 0.05) is 29.8 Å². The molecule has 0 bridgehead atoms. The lowest BCUT2D eigenvalue weighted by atomic mass is 9.84. The van der Waals surface area contributed by atoms with E-state index in [2.05, 4.69) is 62.9 Å². The molecule has 1 fully saturated rings. The normalized spacial score (nSPS) is 23.7. The monoisotopic (exact) mass is 436 g/mol. The fraction of sp³-hybridized carbons (Fsp3) is 0.552. The number of halogens is 1. The molecule has 1 aliphatic carbocycles. The van der Waals surface area contributed by atoms with Gasteiger partial charge >= 0.3 is 0 Å². The Kier molecular flexibility index (Phi) is 7.79. The Labute approximate surface area is 194 Å². The Bertz CT molecular complexity index is 997. The lowest BCUT2D eigenvalue weighted by Crippen LogP contribution is -2.16. The number of hydrogen-bond donors (Lipinski definition) is 0. The van der Waals surface area contributed by atoms with Crippen molar-refractivity contribution < 1.29 is 4.39 Å². The molecule has 4 unspecified atom stereocenters. The predicted molar refractivity (Wildman–Crippen MR) is 135 cm³/mol. The van der Waals surface area contributed by atoms with Crippen molar-refractivity contribution >= 4 is 5.71 Å². The third-order valence-electron chi connectivity index (χ3n) is 7.90. The molecule has 0 amide bonds. The molecule has 3 heteroatoms. The van der Waals surface area contributed by atoms with Gasteiger partial charge in [-0.2, -0.15) is 0 Å². The Morgan fingerprint density at radius 2 is 1.88 bits per heavy atom. The smallest absolute Gasteiger partial charge is 0.150 e. The van der Waals surface area contributed by atoms with Crippen LogP contribution in [0.15, 0.2) is 36.1 Å². The Hall–Kier alpha value is -2.16. The summed E-state index contributed by atoms with van der Waals surface area (Å²) >= 11 is 0. The minimum absolute atomic E-state index is 0.176. The first kappa shape index (κ1) is 24.5. The second kappa shape index (κ2) is 10.2. The first-order chi connectivity index (χ1) is 15.2. The third kappa shape index (κ3) is 4.63. The molecular formula is C29H41FN2. The van der Waals surface area contributed by atoms with E-state index in [4.69, 9.17) is 0 Å². The highest BCUT2D eigenvalue weighted by atomic mass is 19.1. The maximum atomic E-state index is 14.9. The van der Waals surface area contributed by atoms with Gasteiger partial charge in [0.1, 0.15) is 5.82 Å². The van der Waals surface area contributed by atoms with Crippen LogP contribution in [-0.2, 0) is 19.3 Å². The van der Waals surface area contributed by atoms with Crippen LogP contribution in [0.1, 0.15) is 87.0 Å². The lowest BCUT2D eigenvalue weighted by molar-refractivity contribution is 0.325. The van der Waals surface area contributed by atoms with Crippen LogP contribution < -0.4 is 0 Å². The molecule has 32 heavy (non-hydrogen) atoms. The molecule has 4 atom stereocenters. The minimum atomic E-state index is -0.176. The molecule has 0 spiro atoms. The zero-order valence-electron chi connectivity index (χ0n) is 21.1. The summed E-state index contributed by atoms with van der Waals surface area (Å²) in [6.07, 6.45) is 8.84. The van der Waals surface area contributed by atoms with Gasteiger partial charge in [0.15, 0.2) is 0 Å². The Balaban J connectivity index is 1.91. The molecule has 0 aliphatic heterocycles. The van der Waals surface area contributed by atoms with Crippen molar-refractivity contribution in [1.82, 2.24) is 4.57 Å². The number of aromatic nitrogens is 1. The molecule has 1 saturated carbocycles. The highest BCUT2D eigenvalue weighted by Crippen LogP contribution is 2.47. The van der Waals surface area contributed by atoms with E-state index in [9.17, 15) is 4.39 Å². The summed E-state index contributed by atoms with van der Waals surface area (Å²) in [6.45, 7) is 19.1. The summed E-state index contributed by atoms with van der Waals surface area (Å²) < 4.78 is 17.1. The van der Waals surface area contributed by atoms with E-state index in [0.717, 1.165) is 31.4 Å². The fourth-order valence-corrected chi connectivity index (χ4v) is 6.10. The van der Waals surface area contributed by atoms with Gasteiger partial charge in [-0.25, -0.2) is 4.39 Å². The highest BCUT2D eigenvalue weighted by Gasteiger charge is 2.40. The molecule has 1 aliphatic rings. The van der Waals surface area contributed by atoms with E-state index >= 15 is 0 Å². The van der Waals surface area contributed by atoms with Crippen LogP contribution in [0.25, 0.3) is 0 Å². The van der Waals surface area contributed by atoms with Crippen molar-refractivity contribution in [1.29, 1.82) is 0 Å². The van der Waals surface area contributed by atoms with Crippen LogP contribution in [0.5, 0.6) is 0 Å². The number of hydrogen-bond acceptors (Lipinski definition) is 1. The van der Waals surface area contributed by atoms with Crippen LogP contribution >= 0.6 is 0 Å². The maximum absolute atomic E-state index is 14.9. The van der Waals surface area contributed by atoms with Gasteiger partial charge in [-0.3, -0.25) is 4.99 Å². The predicted octanol–water partition coefficient (Wildman–Crippen LogP) is 7.79. The SMILES string of the molecule is C=CN=C(C)c1c(F)cn(C2CC(Cc3cc(C)cc(CCC)c3CC)C(C)C2C)c1C. The average molecular weight is 437 g/mol. The molecule has 3 rings (SSSR count). The minimum Gasteiger partial charge on any atom is -0.345 e. The van der Waals surface area contributed by atoms with E-state index in [-0.39, 0.29) is 5.82 Å². The summed E-state index contributed by atoms with van der Waals surface area (Å²) in [4.78, 5) is 4.24. The van der Waals surface area contributed by atoms with Crippen LogP contribution in [-0.4, -0.2) is 10.3 Å². The summed E-state index contributed by atoms with van der Waals surface area (Å²) in [6, 6.07) is 5.12. The number of aliphatic imine (C=N–C) groups is 1. The van der Waals surface area contributed by atoms with Crippen molar-refractivity contribution in [3.8, 4) is 0 Å². The zero-order valence-corrected chi connectivity index (χ0v) is 21.1. The van der Waals surface area contributed by atoms with Gasteiger partial charge < -0.3 is 4.57 Å². The first-order valence-electron chi connectivity index (χ1n) is 12.4. The van der Waals surface area contributed by atoms with Gasteiger partial charge in [-0.15, -0.1) is 0 Å². The highest BCUT2D eigenvalue weighted by molar-refractivity contribution is 6.00. The summed E-state index contributed by atoms with van der Waals surface area (Å²) in [5.74, 6) is 1.52. The quantitative estimate of drug-likeness (QED) is 0.376. The molecule has 2 nitrogen and oxygen atoms in total. The van der Waals surface area contributed by atoms with Crippen LogP contribution in [0.3, 0.4) is 0 Å². The number of benzene rings is 1.